The lowest BCUT2D eigenvalue weighted by Gasteiger charge is -2.37. The fourth-order valence-corrected chi connectivity index (χ4v) is 2.14. The Morgan fingerprint density at radius 2 is 2.00 bits per heavy atom. The second kappa shape index (κ2) is 4.77. The molecule has 1 saturated heterocycles. The first-order valence-electron chi connectivity index (χ1n) is 5.77. The van der Waals surface area contributed by atoms with E-state index in [1.165, 1.54) is 5.56 Å². The van der Waals surface area contributed by atoms with Crippen LogP contribution >= 0.6 is 0 Å². The van der Waals surface area contributed by atoms with E-state index in [4.69, 9.17) is 0 Å². The summed E-state index contributed by atoms with van der Waals surface area (Å²) in [4.78, 5) is 2.55. The molecule has 0 aliphatic carbocycles. The fraction of sp³-hybridized carbons (Fsp3) is 0.538. The molecule has 0 amide bonds. The van der Waals surface area contributed by atoms with E-state index in [-0.39, 0.29) is 0 Å². The first-order valence-corrected chi connectivity index (χ1v) is 5.77. The molecule has 2 nitrogen and oxygen atoms in total. The van der Waals surface area contributed by atoms with Crippen molar-refractivity contribution in [2.24, 2.45) is 0 Å². The minimum absolute atomic E-state index is 0.616. The monoisotopic (exact) mass is 204 g/mol. The van der Waals surface area contributed by atoms with Crippen LogP contribution in [0.4, 0.5) is 0 Å². The van der Waals surface area contributed by atoms with Crippen LogP contribution in [0.25, 0.3) is 0 Å². The lowest BCUT2D eigenvalue weighted by molar-refractivity contribution is 0.139. The van der Waals surface area contributed by atoms with Gasteiger partial charge in [0.15, 0.2) is 0 Å². The molecule has 2 unspecified atom stereocenters. The molecule has 1 N–H and O–H groups in total. The summed E-state index contributed by atoms with van der Waals surface area (Å²) in [6, 6.07) is 12.0. The van der Waals surface area contributed by atoms with Gasteiger partial charge in [0.1, 0.15) is 0 Å². The SMILES string of the molecule is CC1CN(Cc2ccccc2)C(C)CN1. The Hall–Kier alpha value is -0.860. The molecule has 2 heteroatoms. The molecule has 1 heterocycles. The van der Waals surface area contributed by atoms with Gasteiger partial charge in [0.2, 0.25) is 0 Å². The molecular formula is C13H20N2. The molecule has 1 aliphatic heterocycles. The number of benzene rings is 1. The van der Waals surface area contributed by atoms with E-state index >= 15 is 0 Å². The Morgan fingerprint density at radius 1 is 1.27 bits per heavy atom. The van der Waals surface area contributed by atoms with E-state index in [1.54, 1.807) is 0 Å². The molecule has 0 saturated carbocycles. The van der Waals surface area contributed by atoms with Gasteiger partial charge in [-0.05, 0) is 19.4 Å². The molecule has 15 heavy (non-hydrogen) atoms. The largest absolute Gasteiger partial charge is 0.311 e. The van der Waals surface area contributed by atoms with Crippen molar-refractivity contribution >= 4 is 0 Å². The Bertz CT molecular complexity index is 297. The van der Waals surface area contributed by atoms with Gasteiger partial charge in [-0.2, -0.15) is 0 Å². The van der Waals surface area contributed by atoms with Gasteiger partial charge < -0.3 is 5.32 Å². The van der Waals surface area contributed by atoms with Gasteiger partial charge in [-0.3, -0.25) is 4.90 Å². The molecule has 0 aromatic heterocycles. The van der Waals surface area contributed by atoms with Crippen LogP contribution < -0.4 is 5.32 Å². The summed E-state index contributed by atoms with van der Waals surface area (Å²) in [5, 5.41) is 3.51. The van der Waals surface area contributed by atoms with Crippen molar-refractivity contribution in [1.29, 1.82) is 0 Å². The summed E-state index contributed by atoms with van der Waals surface area (Å²) in [6.07, 6.45) is 0. The van der Waals surface area contributed by atoms with Crippen LogP contribution in [0.2, 0.25) is 0 Å². The standard InChI is InChI=1S/C13H20N2/c1-11-9-15(12(2)8-14-11)10-13-6-4-3-5-7-13/h3-7,11-12,14H,8-10H2,1-2H3. The van der Waals surface area contributed by atoms with Gasteiger partial charge in [-0.25, -0.2) is 0 Å². The Balaban J connectivity index is 1.98. The highest BCUT2D eigenvalue weighted by Gasteiger charge is 2.21. The van der Waals surface area contributed by atoms with Crippen LogP contribution in [0.5, 0.6) is 0 Å². The van der Waals surface area contributed by atoms with Crippen LogP contribution in [0.1, 0.15) is 19.4 Å². The molecule has 0 bridgehead atoms. The predicted octanol–water partition coefficient (Wildman–Crippen LogP) is 1.87. The summed E-state index contributed by atoms with van der Waals surface area (Å²) >= 11 is 0. The number of nitrogens with one attached hydrogen (secondary N) is 1. The van der Waals surface area contributed by atoms with Crippen molar-refractivity contribution in [2.45, 2.75) is 32.5 Å². The highest BCUT2D eigenvalue weighted by Crippen LogP contribution is 2.11. The smallest absolute Gasteiger partial charge is 0.0237 e. The van der Waals surface area contributed by atoms with E-state index in [2.05, 4.69) is 54.4 Å². The molecule has 2 rings (SSSR count). The molecule has 1 fully saturated rings. The average molecular weight is 204 g/mol. The lowest BCUT2D eigenvalue weighted by atomic mass is 10.1. The summed E-state index contributed by atoms with van der Waals surface area (Å²) in [5.41, 5.74) is 1.42. The zero-order valence-corrected chi connectivity index (χ0v) is 9.61. The molecule has 1 aromatic carbocycles. The fourth-order valence-electron chi connectivity index (χ4n) is 2.14. The molecule has 1 aliphatic rings. The summed E-state index contributed by atoms with van der Waals surface area (Å²) in [6.45, 7) is 7.88. The molecule has 1 aromatic rings. The number of hydrogen-bond donors (Lipinski definition) is 1. The van der Waals surface area contributed by atoms with E-state index in [1.807, 2.05) is 0 Å². The zero-order chi connectivity index (χ0) is 10.7. The van der Waals surface area contributed by atoms with Gasteiger partial charge in [-0.15, -0.1) is 0 Å². The molecular weight excluding hydrogens is 184 g/mol. The van der Waals surface area contributed by atoms with E-state index in [0.29, 0.717) is 12.1 Å². The molecule has 0 spiro atoms. The van der Waals surface area contributed by atoms with Crippen LogP contribution in [-0.2, 0) is 6.54 Å². The van der Waals surface area contributed by atoms with Crippen LogP contribution in [-0.4, -0.2) is 30.1 Å². The predicted molar refractivity (Wildman–Crippen MR) is 63.8 cm³/mol. The van der Waals surface area contributed by atoms with Gasteiger partial charge in [-0.1, -0.05) is 30.3 Å². The minimum atomic E-state index is 0.616. The Labute approximate surface area is 92.3 Å². The van der Waals surface area contributed by atoms with Gasteiger partial charge in [0.05, 0.1) is 0 Å². The van der Waals surface area contributed by atoms with Crippen LogP contribution in [0, 0.1) is 0 Å². The quantitative estimate of drug-likeness (QED) is 0.791. The van der Waals surface area contributed by atoms with E-state index in [9.17, 15) is 0 Å². The van der Waals surface area contributed by atoms with E-state index < -0.39 is 0 Å². The summed E-state index contributed by atoms with van der Waals surface area (Å²) in [7, 11) is 0. The third-order valence-electron chi connectivity index (χ3n) is 3.12. The van der Waals surface area contributed by atoms with Crippen LogP contribution in [0.3, 0.4) is 0 Å². The number of piperazine rings is 1. The number of nitrogens with zero attached hydrogens (tertiary/aromatic N) is 1. The van der Waals surface area contributed by atoms with Crippen molar-refractivity contribution in [3.8, 4) is 0 Å². The second-order valence-corrected chi connectivity index (χ2v) is 4.57. The second-order valence-electron chi connectivity index (χ2n) is 4.57. The molecule has 2 atom stereocenters. The van der Waals surface area contributed by atoms with Crippen molar-refractivity contribution in [1.82, 2.24) is 10.2 Å². The number of rotatable bonds is 2. The third kappa shape index (κ3) is 2.80. The molecule has 0 radical (unpaired) electrons. The highest BCUT2D eigenvalue weighted by atomic mass is 15.2. The first-order chi connectivity index (χ1) is 7.25. The molecule has 82 valence electrons. The topological polar surface area (TPSA) is 15.3 Å². The Morgan fingerprint density at radius 3 is 2.73 bits per heavy atom. The normalized spacial score (nSPS) is 27.9. The maximum absolute atomic E-state index is 3.51. The Kier molecular flexibility index (Phi) is 3.39. The van der Waals surface area contributed by atoms with Gasteiger partial charge >= 0.3 is 0 Å². The highest BCUT2D eigenvalue weighted by molar-refractivity contribution is 5.14. The maximum Gasteiger partial charge on any atom is 0.0237 e. The zero-order valence-electron chi connectivity index (χ0n) is 9.61. The third-order valence-corrected chi connectivity index (χ3v) is 3.12. The average Bonchev–Trinajstić information content (AvgIpc) is 2.25. The van der Waals surface area contributed by atoms with E-state index in [0.717, 1.165) is 19.6 Å². The van der Waals surface area contributed by atoms with Crippen molar-refractivity contribution < 1.29 is 0 Å². The first kappa shape index (κ1) is 10.7. The summed E-state index contributed by atoms with van der Waals surface area (Å²) in [5.74, 6) is 0. The van der Waals surface area contributed by atoms with Crippen molar-refractivity contribution in [3.05, 3.63) is 35.9 Å². The van der Waals surface area contributed by atoms with Gasteiger partial charge in [0.25, 0.3) is 0 Å². The lowest BCUT2D eigenvalue weighted by Crippen LogP contribution is -2.53. The van der Waals surface area contributed by atoms with Gasteiger partial charge in [0, 0.05) is 31.7 Å². The summed E-state index contributed by atoms with van der Waals surface area (Å²) < 4.78 is 0. The maximum atomic E-state index is 3.51. The van der Waals surface area contributed by atoms with Crippen LogP contribution in [0.15, 0.2) is 30.3 Å². The van der Waals surface area contributed by atoms with Crippen molar-refractivity contribution in [3.63, 3.8) is 0 Å². The number of hydrogen-bond acceptors (Lipinski definition) is 2. The van der Waals surface area contributed by atoms with Crippen molar-refractivity contribution in [2.75, 3.05) is 13.1 Å². The minimum Gasteiger partial charge on any atom is -0.311 e.